The van der Waals surface area contributed by atoms with Crippen LogP contribution in [0.4, 0.5) is 0 Å². The molecule has 1 aliphatic heterocycles. The van der Waals surface area contributed by atoms with Crippen molar-refractivity contribution in [3.8, 4) is 0 Å². The van der Waals surface area contributed by atoms with Crippen LogP contribution in [0.5, 0.6) is 0 Å². The Morgan fingerprint density at radius 1 is 1.25 bits per heavy atom. The van der Waals surface area contributed by atoms with Crippen molar-refractivity contribution in [3.05, 3.63) is 37.0 Å². The molecule has 0 amide bonds. The zero-order valence-corrected chi connectivity index (χ0v) is 9.94. The average molecular weight is 217 g/mol. The summed E-state index contributed by atoms with van der Waals surface area (Å²) >= 11 is 0. The lowest BCUT2D eigenvalue weighted by Gasteiger charge is -2.31. The summed E-state index contributed by atoms with van der Waals surface area (Å²) in [5, 5.41) is 0. The number of rotatable bonds is 4. The van der Waals surface area contributed by atoms with E-state index >= 15 is 0 Å². The maximum Gasteiger partial charge on any atom is 0.0270 e. The van der Waals surface area contributed by atoms with Crippen LogP contribution in [-0.2, 0) is 6.42 Å². The van der Waals surface area contributed by atoms with Crippen molar-refractivity contribution in [1.82, 2.24) is 9.88 Å². The molecule has 0 aliphatic carbocycles. The highest BCUT2D eigenvalue weighted by atomic mass is 15.1. The van der Waals surface area contributed by atoms with Crippen LogP contribution >= 0.6 is 0 Å². The standard InChI is InChI=1S/C14H21N2/c1-2-13-5-10-16(11-6-13)12-7-14-3-8-15-9-4-14/h3-4,8-9,13H,1-2,5-7,10-12H2. The van der Waals surface area contributed by atoms with Gasteiger partial charge in [0.15, 0.2) is 0 Å². The van der Waals surface area contributed by atoms with Gasteiger partial charge in [-0.1, -0.05) is 13.3 Å². The van der Waals surface area contributed by atoms with Gasteiger partial charge in [0.2, 0.25) is 0 Å². The molecule has 0 aromatic carbocycles. The predicted molar refractivity (Wildman–Crippen MR) is 67.1 cm³/mol. The van der Waals surface area contributed by atoms with Gasteiger partial charge in [0, 0.05) is 18.9 Å². The van der Waals surface area contributed by atoms with Crippen LogP contribution in [0.3, 0.4) is 0 Å². The van der Waals surface area contributed by atoms with Gasteiger partial charge in [0.1, 0.15) is 0 Å². The molecule has 87 valence electrons. The minimum Gasteiger partial charge on any atom is -0.303 e. The monoisotopic (exact) mass is 217 g/mol. The van der Waals surface area contributed by atoms with Gasteiger partial charge in [0.05, 0.1) is 0 Å². The normalized spacial score (nSPS) is 18.8. The van der Waals surface area contributed by atoms with E-state index in [-0.39, 0.29) is 0 Å². The van der Waals surface area contributed by atoms with E-state index in [1.54, 1.807) is 0 Å². The molecule has 2 nitrogen and oxygen atoms in total. The minimum absolute atomic E-state index is 0.872. The summed E-state index contributed by atoms with van der Waals surface area (Å²) in [6, 6.07) is 4.23. The van der Waals surface area contributed by atoms with Crippen LogP contribution in [0.25, 0.3) is 0 Å². The summed E-state index contributed by atoms with van der Waals surface area (Å²) < 4.78 is 0. The minimum atomic E-state index is 0.872. The summed E-state index contributed by atoms with van der Waals surface area (Å²) in [4.78, 5) is 6.62. The van der Waals surface area contributed by atoms with Crippen LogP contribution in [0.15, 0.2) is 24.5 Å². The van der Waals surface area contributed by atoms with Crippen molar-refractivity contribution < 1.29 is 0 Å². The fraction of sp³-hybridized carbons (Fsp3) is 0.571. The molecule has 16 heavy (non-hydrogen) atoms. The molecule has 1 aromatic heterocycles. The number of pyridine rings is 1. The number of hydrogen-bond donors (Lipinski definition) is 0. The van der Waals surface area contributed by atoms with Crippen LogP contribution in [-0.4, -0.2) is 29.5 Å². The van der Waals surface area contributed by atoms with Gasteiger partial charge >= 0.3 is 0 Å². The van der Waals surface area contributed by atoms with Crippen molar-refractivity contribution >= 4 is 0 Å². The molecule has 2 rings (SSSR count). The SMILES string of the molecule is [CH2]CC1CCN(CCc2ccncc2)CC1. The first-order valence-corrected chi connectivity index (χ1v) is 6.29. The first-order valence-electron chi connectivity index (χ1n) is 6.29. The number of piperidine rings is 1. The zero-order valence-electron chi connectivity index (χ0n) is 9.94. The molecule has 2 heterocycles. The third kappa shape index (κ3) is 3.31. The maximum atomic E-state index is 4.04. The van der Waals surface area contributed by atoms with E-state index in [1.165, 1.54) is 38.0 Å². The second-order valence-electron chi connectivity index (χ2n) is 4.68. The van der Waals surface area contributed by atoms with Crippen LogP contribution in [0.1, 0.15) is 24.8 Å². The van der Waals surface area contributed by atoms with E-state index in [9.17, 15) is 0 Å². The summed E-state index contributed by atoms with van der Waals surface area (Å²) in [6.07, 6.45) is 8.68. The molecule has 0 spiro atoms. The van der Waals surface area contributed by atoms with Crippen LogP contribution in [0, 0.1) is 12.8 Å². The molecule has 0 atom stereocenters. The lowest BCUT2D eigenvalue weighted by Crippen LogP contribution is -2.34. The molecule has 1 saturated heterocycles. The van der Waals surface area contributed by atoms with E-state index in [2.05, 4.69) is 28.9 Å². The van der Waals surface area contributed by atoms with E-state index in [1.807, 2.05) is 12.4 Å². The van der Waals surface area contributed by atoms with Crippen molar-refractivity contribution in [2.45, 2.75) is 25.7 Å². The van der Waals surface area contributed by atoms with E-state index in [0.29, 0.717) is 0 Å². The van der Waals surface area contributed by atoms with Crippen molar-refractivity contribution in [2.24, 2.45) is 5.92 Å². The highest BCUT2D eigenvalue weighted by molar-refractivity contribution is 5.09. The van der Waals surface area contributed by atoms with E-state index in [0.717, 1.165) is 18.8 Å². The molecule has 1 fully saturated rings. The Bertz CT molecular complexity index is 289. The predicted octanol–water partition coefficient (Wildman–Crippen LogP) is 2.56. The molecule has 0 saturated carbocycles. The average Bonchev–Trinajstić information content (AvgIpc) is 2.38. The maximum absolute atomic E-state index is 4.04. The molecular weight excluding hydrogens is 196 g/mol. The van der Waals surface area contributed by atoms with Crippen molar-refractivity contribution in [3.63, 3.8) is 0 Å². The van der Waals surface area contributed by atoms with Gasteiger partial charge in [-0.2, -0.15) is 0 Å². The second-order valence-corrected chi connectivity index (χ2v) is 4.68. The zero-order chi connectivity index (χ0) is 11.2. The van der Waals surface area contributed by atoms with Crippen molar-refractivity contribution in [2.75, 3.05) is 19.6 Å². The first-order chi connectivity index (χ1) is 7.88. The molecule has 1 radical (unpaired) electrons. The van der Waals surface area contributed by atoms with E-state index < -0.39 is 0 Å². The molecule has 2 heteroatoms. The van der Waals surface area contributed by atoms with Gasteiger partial charge in [-0.05, 0) is 56.0 Å². The Balaban J connectivity index is 1.72. The Morgan fingerprint density at radius 3 is 2.56 bits per heavy atom. The Labute approximate surface area is 98.7 Å². The summed E-state index contributed by atoms with van der Waals surface area (Å²) in [5.41, 5.74) is 1.40. The van der Waals surface area contributed by atoms with Crippen LogP contribution < -0.4 is 0 Å². The lowest BCUT2D eigenvalue weighted by atomic mass is 9.94. The Morgan fingerprint density at radius 2 is 1.94 bits per heavy atom. The molecule has 0 bridgehead atoms. The fourth-order valence-electron chi connectivity index (χ4n) is 2.34. The van der Waals surface area contributed by atoms with Gasteiger partial charge < -0.3 is 4.90 Å². The van der Waals surface area contributed by atoms with Gasteiger partial charge in [0.25, 0.3) is 0 Å². The topological polar surface area (TPSA) is 16.1 Å². The quantitative estimate of drug-likeness (QED) is 0.770. The van der Waals surface area contributed by atoms with E-state index in [4.69, 9.17) is 0 Å². The fourth-order valence-corrected chi connectivity index (χ4v) is 2.34. The summed E-state index contributed by atoms with van der Waals surface area (Å²) in [5.74, 6) is 0.872. The van der Waals surface area contributed by atoms with Gasteiger partial charge in [-0.3, -0.25) is 4.98 Å². The summed E-state index contributed by atoms with van der Waals surface area (Å²) in [7, 11) is 0. The largest absolute Gasteiger partial charge is 0.303 e. The number of aromatic nitrogens is 1. The Kier molecular flexibility index (Phi) is 4.34. The lowest BCUT2D eigenvalue weighted by molar-refractivity contribution is 0.187. The number of hydrogen-bond acceptors (Lipinski definition) is 2. The third-order valence-electron chi connectivity index (χ3n) is 3.58. The highest BCUT2D eigenvalue weighted by Gasteiger charge is 2.16. The molecule has 1 aromatic rings. The molecule has 1 aliphatic rings. The number of nitrogens with zero attached hydrogens (tertiary/aromatic N) is 2. The second kappa shape index (κ2) is 6.00. The Hall–Kier alpha value is -0.890. The molecule has 0 unspecified atom stereocenters. The molecular formula is C14H21N2. The smallest absolute Gasteiger partial charge is 0.0270 e. The van der Waals surface area contributed by atoms with Gasteiger partial charge in [-0.25, -0.2) is 0 Å². The first kappa shape index (κ1) is 11.6. The highest BCUT2D eigenvalue weighted by Crippen LogP contribution is 2.19. The third-order valence-corrected chi connectivity index (χ3v) is 3.58. The number of likely N-dealkylation sites (tertiary alicyclic amines) is 1. The van der Waals surface area contributed by atoms with Gasteiger partial charge in [-0.15, -0.1) is 0 Å². The van der Waals surface area contributed by atoms with Crippen molar-refractivity contribution in [1.29, 1.82) is 0 Å². The van der Waals surface area contributed by atoms with Crippen LogP contribution in [0.2, 0.25) is 0 Å². The summed E-state index contributed by atoms with van der Waals surface area (Å²) in [6.45, 7) is 7.70. The molecule has 0 N–H and O–H groups in total.